The summed E-state index contributed by atoms with van der Waals surface area (Å²) in [6, 6.07) is 9.75. The Kier molecular flexibility index (Phi) is 3.92. The van der Waals surface area contributed by atoms with E-state index in [2.05, 4.69) is 10.3 Å². The van der Waals surface area contributed by atoms with Gasteiger partial charge in [-0.15, -0.1) is 0 Å². The fraction of sp³-hybridized carbons (Fsp3) is 0.154. The van der Waals surface area contributed by atoms with Gasteiger partial charge in [0.1, 0.15) is 18.2 Å². The highest BCUT2D eigenvalue weighted by Gasteiger charge is 2.04. The van der Waals surface area contributed by atoms with Gasteiger partial charge >= 0.3 is 0 Å². The lowest BCUT2D eigenvalue weighted by Gasteiger charge is -2.06. The summed E-state index contributed by atoms with van der Waals surface area (Å²) in [5.74, 6) is 1.38. The molecular formula is C13H13N3O3. The average Bonchev–Trinajstić information content (AvgIpc) is 2.46. The number of pyridine rings is 1. The third-order valence-corrected chi connectivity index (χ3v) is 2.53. The van der Waals surface area contributed by atoms with Crippen molar-refractivity contribution in [1.29, 1.82) is 0 Å². The van der Waals surface area contributed by atoms with Crippen molar-refractivity contribution in [3.63, 3.8) is 0 Å². The normalized spacial score (nSPS) is 9.95. The first-order chi connectivity index (χ1) is 9.19. The van der Waals surface area contributed by atoms with Gasteiger partial charge < -0.3 is 10.1 Å². The molecule has 0 aliphatic heterocycles. The minimum absolute atomic E-state index is 0.0485. The van der Waals surface area contributed by atoms with Crippen molar-refractivity contribution in [3.05, 3.63) is 58.3 Å². The minimum atomic E-state index is -0.440. The van der Waals surface area contributed by atoms with Crippen LogP contribution in [-0.4, -0.2) is 17.0 Å². The molecule has 1 N–H and O–H groups in total. The standard InChI is InChI=1S/C13H13N3O3/c1-14-13-7-2-10(8-15-13)9-19-12-5-3-11(4-6-12)16(17)18/h2-8H,9H2,1H3,(H,14,15). The van der Waals surface area contributed by atoms with Gasteiger partial charge in [-0.05, 0) is 18.2 Å². The molecule has 2 aromatic rings. The van der Waals surface area contributed by atoms with Crippen LogP contribution in [0.3, 0.4) is 0 Å². The number of nitrogens with zero attached hydrogens (tertiary/aromatic N) is 2. The van der Waals surface area contributed by atoms with Gasteiger partial charge in [0.05, 0.1) is 4.92 Å². The molecule has 0 spiro atoms. The SMILES string of the molecule is CNc1ccc(COc2ccc([N+](=O)[O-])cc2)cn1. The lowest BCUT2D eigenvalue weighted by molar-refractivity contribution is -0.384. The summed E-state index contributed by atoms with van der Waals surface area (Å²) in [5.41, 5.74) is 0.977. The molecule has 6 heteroatoms. The zero-order chi connectivity index (χ0) is 13.7. The van der Waals surface area contributed by atoms with E-state index in [4.69, 9.17) is 4.74 Å². The van der Waals surface area contributed by atoms with Gasteiger partial charge in [0.15, 0.2) is 0 Å². The lowest BCUT2D eigenvalue weighted by Crippen LogP contribution is -1.98. The summed E-state index contributed by atoms with van der Waals surface area (Å²) in [7, 11) is 1.80. The van der Waals surface area contributed by atoms with Crippen LogP contribution in [-0.2, 0) is 6.61 Å². The maximum absolute atomic E-state index is 10.5. The number of benzene rings is 1. The van der Waals surface area contributed by atoms with Crippen molar-refractivity contribution in [2.24, 2.45) is 0 Å². The Morgan fingerprint density at radius 2 is 2.00 bits per heavy atom. The molecule has 6 nitrogen and oxygen atoms in total. The highest BCUT2D eigenvalue weighted by atomic mass is 16.6. The Morgan fingerprint density at radius 3 is 2.53 bits per heavy atom. The lowest BCUT2D eigenvalue weighted by atomic mass is 10.3. The molecule has 1 aromatic heterocycles. The summed E-state index contributed by atoms with van der Waals surface area (Å²) in [6.45, 7) is 0.370. The Balaban J connectivity index is 1.95. The third kappa shape index (κ3) is 3.41. The molecule has 0 aliphatic rings. The molecule has 1 heterocycles. The highest BCUT2D eigenvalue weighted by Crippen LogP contribution is 2.18. The van der Waals surface area contributed by atoms with E-state index in [1.165, 1.54) is 12.1 Å². The molecule has 98 valence electrons. The van der Waals surface area contributed by atoms with Crippen LogP contribution < -0.4 is 10.1 Å². The maximum Gasteiger partial charge on any atom is 0.269 e. The van der Waals surface area contributed by atoms with E-state index >= 15 is 0 Å². The molecule has 0 fully saturated rings. The molecule has 0 radical (unpaired) electrons. The van der Waals surface area contributed by atoms with E-state index in [1.54, 1.807) is 25.4 Å². The monoisotopic (exact) mass is 259 g/mol. The summed E-state index contributed by atoms with van der Waals surface area (Å²) in [4.78, 5) is 14.2. The Bertz CT molecular complexity index is 552. The molecule has 0 amide bonds. The van der Waals surface area contributed by atoms with E-state index in [-0.39, 0.29) is 5.69 Å². The molecule has 2 rings (SSSR count). The van der Waals surface area contributed by atoms with Gasteiger partial charge in [0.25, 0.3) is 5.69 Å². The first kappa shape index (κ1) is 12.8. The number of non-ortho nitro benzene ring substituents is 1. The number of hydrogen-bond acceptors (Lipinski definition) is 5. The second-order valence-electron chi connectivity index (χ2n) is 3.84. The molecular weight excluding hydrogens is 246 g/mol. The van der Waals surface area contributed by atoms with Crippen molar-refractivity contribution in [3.8, 4) is 5.75 Å². The van der Waals surface area contributed by atoms with Crippen LogP contribution in [0.15, 0.2) is 42.6 Å². The number of nitro benzene ring substituents is 1. The predicted octanol–water partition coefficient (Wildman–Crippen LogP) is 2.61. The summed E-state index contributed by atoms with van der Waals surface area (Å²) in [6.07, 6.45) is 1.72. The van der Waals surface area contributed by atoms with Crippen LogP contribution >= 0.6 is 0 Å². The largest absolute Gasteiger partial charge is 0.489 e. The molecule has 0 saturated heterocycles. The summed E-state index contributed by atoms with van der Waals surface area (Å²) < 4.78 is 5.52. The molecule has 19 heavy (non-hydrogen) atoms. The maximum atomic E-state index is 10.5. The molecule has 0 bridgehead atoms. The van der Waals surface area contributed by atoms with Crippen molar-refractivity contribution < 1.29 is 9.66 Å². The second kappa shape index (κ2) is 5.81. The predicted molar refractivity (Wildman–Crippen MR) is 71.2 cm³/mol. The van der Waals surface area contributed by atoms with E-state index in [1.807, 2.05) is 12.1 Å². The van der Waals surface area contributed by atoms with Crippen molar-refractivity contribution in [1.82, 2.24) is 4.98 Å². The Morgan fingerprint density at radius 1 is 1.26 bits per heavy atom. The number of ether oxygens (including phenoxy) is 1. The fourth-order valence-electron chi connectivity index (χ4n) is 1.49. The fourth-order valence-corrected chi connectivity index (χ4v) is 1.49. The molecule has 0 unspecified atom stereocenters. The first-order valence-electron chi connectivity index (χ1n) is 5.69. The van der Waals surface area contributed by atoms with Gasteiger partial charge in [-0.2, -0.15) is 0 Å². The smallest absolute Gasteiger partial charge is 0.269 e. The second-order valence-corrected chi connectivity index (χ2v) is 3.84. The van der Waals surface area contributed by atoms with Crippen LogP contribution in [0.1, 0.15) is 5.56 Å². The zero-order valence-corrected chi connectivity index (χ0v) is 10.4. The Hall–Kier alpha value is -2.63. The van der Waals surface area contributed by atoms with Crippen LogP contribution in [0, 0.1) is 10.1 Å². The molecule has 0 atom stereocenters. The topological polar surface area (TPSA) is 77.3 Å². The quantitative estimate of drug-likeness (QED) is 0.659. The van der Waals surface area contributed by atoms with Crippen LogP contribution in [0.25, 0.3) is 0 Å². The number of hydrogen-bond donors (Lipinski definition) is 1. The van der Waals surface area contributed by atoms with Crippen LogP contribution in [0.4, 0.5) is 11.5 Å². The minimum Gasteiger partial charge on any atom is -0.489 e. The number of rotatable bonds is 5. The Labute approximate surface area is 110 Å². The number of nitro groups is 1. The van der Waals surface area contributed by atoms with Crippen molar-refractivity contribution >= 4 is 11.5 Å². The summed E-state index contributed by atoms with van der Waals surface area (Å²) >= 11 is 0. The zero-order valence-electron chi connectivity index (χ0n) is 10.4. The number of anilines is 1. The van der Waals surface area contributed by atoms with Gasteiger partial charge in [-0.3, -0.25) is 10.1 Å². The van der Waals surface area contributed by atoms with Gasteiger partial charge in [-0.25, -0.2) is 4.98 Å². The number of nitrogens with one attached hydrogen (secondary N) is 1. The van der Waals surface area contributed by atoms with Crippen molar-refractivity contribution in [2.75, 3.05) is 12.4 Å². The molecule has 0 aliphatic carbocycles. The van der Waals surface area contributed by atoms with Crippen LogP contribution in [0.5, 0.6) is 5.75 Å². The summed E-state index contributed by atoms with van der Waals surface area (Å²) in [5, 5.41) is 13.4. The van der Waals surface area contributed by atoms with E-state index in [9.17, 15) is 10.1 Å². The number of aromatic nitrogens is 1. The molecule has 1 aromatic carbocycles. The third-order valence-electron chi connectivity index (χ3n) is 2.53. The van der Waals surface area contributed by atoms with Gasteiger partial charge in [-0.1, -0.05) is 6.07 Å². The van der Waals surface area contributed by atoms with Crippen LogP contribution in [0.2, 0.25) is 0 Å². The van der Waals surface area contributed by atoms with E-state index < -0.39 is 4.92 Å². The van der Waals surface area contributed by atoms with E-state index in [0.29, 0.717) is 12.4 Å². The highest BCUT2D eigenvalue weighted by molar-refractivity contribution is 5.37. The van der Waals surface area contributed by atoms with Gasteiger partial charge in [0.2, 0.25) is 0 Å². The van der Waals surface area contributed by atoms with Crippen molar-refractivity contribution in [2.45, 2.75) is 6.61 Å². The van der Waals surface area contributed by atoms with E-state index in [0.717, 1.165) is 11.4 Å². The molecule has 0 saturated carbocycles. The average molecular weight is 259 g/mol. The first-order valence-corrected chi connectivity index (χ1v) is 5.69. The van der Waals surface area contributed by atoms with Gasteiger partial charge in [0, 0.05) is 30.9 Å².